The molecule has 43 heavy (non-hydrogen) atoms. The Hall–Kier alpha value is -4.31. The molecule has 0 amide bonds. The van der Waals surface area contributed by atoms with Crippen molar-refractivity contribution in [2.24, 2.45) is 4.40 Å². The van der Waals surface area contributed by atoms with E-state index in [-0.39, 0.29) is 11.5 Å². The van der Waals surface area contributed by atoms with Gasteiger partial charge in [-0.2, -0.15) is 22.3 Å². The molecule has 5 rings (SSSR count). The van der Waals surface area contributed by atoms with E-state index in [2.05, 4.69) is 4.40 Å². The molecule has 0 radical (unpaired) electrons. The average molecular weight is 609 g/mol. The van der Waals surface area contributed by atoms with E-state index in [9.17, 15) is 8.42 Å². The Balaban J connectivity index is 2.23. The van der Waals surface area contributed by atoms with Crippen molar-refractivity contribution in [2.75, 3.05) is 6.26 Å². The number of fused-ring (bicyclic) bond motifs is 1. The lowest BCUT2D eigenvalue weighted by atomic mass is 10.0. The van der Waals surface area contributed by atoms with Crippen molar-refractivity contribution in [2.45, 2.75) is 41.5 Å². The highest BCUT2D eigenvalue weighted by Crippen LogP contribution is 2.35. The minimum Gasteiger partial charge on any atom is -0.205 e. The summed E-state index contributed by atoms with van der Waals surface area (Å²) in [5, 5.41) is 0. The Morgan fingerprint density at radius 3 is 1.72 bits per heavy atom. The Morgan fingerprint density at radius 2 is 1.21 bits per heavy atom. The quantitative estimate of drug-likeness (QED) is 0.0702. The van der Waals surface area contributed by atoms with Gasteiger partial charge < -0.3 is 0 Å². The topological polar surface area (TPSA) is 55.3 Å². The lowest BCUT2D eigenvalue weighted by Gasteiger charge is -2.14. The first-order valence-electron chi connectivity index (χ1n) is 13.5. The van der Waals surface area contributed by atoms with Crippen LogP contribution in [0.3, 0.4) is 0 Å². The van der Waals surface area contributed by atoms with Gasteiger partial charge in [0.15, 0.2) is 5.71 Å². The molecule has 0 saturated carbocycles. The smallest absolute Gasteiger partial charge is 0.205 e. The zero-order chi connectivity index (χ0) is 31.5. The number of halogens is 4. The maximum absolute atomic E-state index is 16.1. The highest BCUT2D eigenvalue weighted by atomic mass is 32.2. The summed E-state index contributed by atoms with van der Waals surface area (Å²) in [7, 11) is -4.12. The van der Waals surface area contributed by atoms with Crippen LogP contribution in [0, 0.1) is 64.8 Å². The van der Waals surface area contributed by atoms with Gasteiger partial charge in [0, 0.05) is 5.56 Å². The van der Waals surface area contributed by atoms with Crippen LogP contribution in [0.4, 0.5) is 17.6 Å². The number of hydrogen-bond donors (Lipinski definition) is 0. The number of imidazole rings is 1. The summed E-state index contributed by atoms with van der Waals surface area (Å²) in [6.45, 7) is 10.7. The van der Waals surface area contributed by atoms with Gasteiger partial charge in [0.1, 0.15) is 11.4 Å². The predicted octanol–water partition coefficient (Wildman–Crippen LogP) is 7.11. The van der Waals surface area contributed by atoms with E-state index >= 15 is 17.6 Å². The lowest BCUT2D eigenvalue weighted by Crippen LogP contribution is -2.41. The summed E-state index contributed by atoms with van der Waals surface area (Å²) in [5.41, 5.74) is 3.81. The van der Waals surface area contributed by atoms with Crippen LogP contribution in [0.15, 0.2) is 59.0 Å². The first-order chi connectivity index (χ1) is 20.1. The van der Waals surface area contributed by atoms with Crippen LogP contribution in [0.5, 0.6) is 0 Å². The van der Waals surface area contributed by atoms with E-state index in [1.54, 1.807) is 58.0 Å². The fraction of sp³-hybridized carbons (Fsp3) is 0.212. The van der Waals surface area contributed by atoms with Crippen LogP contribution in [0.1, 0.15) is 44.8 Å². The molecule has 222 valence electrons. The van der Waals surface area contributed by atoms with Gasteiger partial charge >= 0.3 is 5.82 Å². The molecule has 1 heterocycles. The SMILES string of the molecule is Cc1cc(C)c(-n2c(/C(=N/S(C)(=O)=O)c3ccccc3)[n+](-c3c(C)cc(C)cc3C)c3c(F)c(F)c(F)c(F)c32)c(C)c1. The number of benzene rings is 4. The molecule has 0 aliphatic heterocycles. The molecule has 0 spiro atoms. The molecular weight excluding hydrogens is 578 g/mol. The monoisotopic (exact) mass is 608 g/mol. The maximum atomic E-state index is 16.1. The highest BCUT2D eigenvalue weighted by Gasteiger charge is 2.41. The van der Waals surface area contributed by atoms with Gasteiger partial charge in [-0.25, -0.2) is 17.2 Å². The van der Waals surface area contributed by atoms with Gasteiger partial charge in [-0.15, -0.1) is 0 Å². The number of nitrogens with zero attached hydrogens (tertiary/aromatic N) is 3. The maximum Gasteiger partial charge on any atom is 0.320 e. The van der Waals surface area contributed by atoms with Crippen molar-refractivity contribution in [3.05, 3.63) is 123 Å². The Bertz CT molecular complexity index is 1950. The van der Waals surface area contributed by atoms with E-state index in [0.717, 1.165) is 17.4 Å². The van der Waals surface area contributed by atoms with Crippen molar-refractivity contribution in [1.29, 1.82) is 0 Å². The van der Waals surface area contributed by atoms with E-state index in [1.165, 1.54) is 9.13 Å². The van der Waals surface area contributed by atoms with Gasteiger partial charge in [-0.1, -0.05) is 65.7 Å². The molecular formula is C33H30F4N3O2S+. The number of aromatic nitrogens is 2. The van der Waals surface area contributed by atoms with Gasteiger partial charge in [0.2, 0.25) is 34.3 Å². The summed E-state index contributed by atoms with van der Waals surface area (Å²) in [6, 6.07) is 15.5. The third-order valence-electron chi connectivity index (χ3n) is 7.32. The summed E-state index contributed by atoms with van der Waals surface area (Å²) in [4.78, 5) is 0. The normalized spacial score (nSPS) is 12.4. The van der Waals surface area contributed by atoms with Crippen LogP contribution in [-0.4, -0.2) is 25.0 Å². The predicted molar refractivity (Wildman–Crippen MR) is 160 cm³/mol. The van der Waals surface area contributed by atoms with Crippen LogP contribution in [-0.2, 0) is 10.0 Å². The lowest BCUT2D eigenvalue weighted by molar-refractivity contribution is -0.571. The highest BCUT2D eigenvalue weighted by molar-refractivity contribution is 7.89. The molecule has 5 nitrogen and oxygen atoms in total. The molecule has 0 fully saturated rings. The van der Waals surface area contributed by atoms with Gasteiger partial charge in [0.25, 0.3) is 10.0 Å². The van der Waals surface area contributed by atoms with Crippen LogP contribution in [0.25, 0.3) is 22.4 Å². The van der Waals surface area contributed by atoms with Crippen molar-refractivity contribution in [1.82, 2.24) is 4.57 Å². The Kier molecular flexibility index (Phi) is 7.54. The first kappa shape index (κ1) is 30.2. The van der Waals surface area contributed by atoms with Crippen LogP contribution < -0.4 is 4.57 Å². The standard InChI is InChI=1S/C33H30F4N3O2S/c1-17-13-19(3)29(20(4)14-17)39-31-26(36)24(34)25(35)27(37)32(31)40(30-21(5)15-18(2)16-22(30)6)33(39)28(38-43(7,41)42)23-11-9-8-10-12-23/h8-16H,1-7H3/q+1/b38-28+. The molecule has 0 bridgehead atoms. The fourth-order valence-electron chi connectivity index (χ4n) is 6.01. The molecule has 5 aromatic rings. The second-order valence-electron chi connectivity index (χ2n) is 11.0. The molecule has 0 saturated heterocycles. The summed E-state index contributed by atoms with van der Waals surface area (Å²) < 4.78 is 94.7. The molecule has 1 aromatic heterocycles. The van der Waals surface area contributed by atoms with Gasteiger partial charge in [-0.05, 0) is 63.8 Å². The third-order valence-corrected chi connectivity index (χ3v) is 7.84. The van der Waals surface area contributed by atoms with E-state index < -0.39 is 44.3 Å². The average Bonchev–Trinajstić information content (AvgIpc) is 3.23. The number of rotatable bonds is 5. The molecule has 4 aromatic carbocycles. The van der Waals surface area contributed by atoms with Crippen LogP contribution >= 0.6 is 0 Å². The minimum atomic E-state index is -4.12. The van der Waals surface area contributed by atoms with Crippen molar-refractivity contribution in [3.63, 3.8) is 0 Å². The summed E-state index contributed by atoms with van der Waals surface area (Å²) in [6.07, 6.45) is 0.901. The van der Waals surface area contributed by atoms with Gasteiger partial charge in [-0.3, -0.25) is 0 Å². The molecule has 10 heteroatoms. The number of sulfonamides is 1. The van der Waals surface area contributed by atoms with Crippen molar-refractivity contribution in [3.8, 4) is 11.4 Å². The van der Waals surface area contributed by atoms with Gasteiger partial charge in [0.05, 0.1) is 6.26 Å². The van der Waals surface area contributed by atoms with E-state index in [4.69, 9.17) is 0 Å². The first-order valence-corrected chi connectivity index (χ1v) is 15.3. The fourth-order valence-corrected chi connectivity index (χ4v) is 6.53. The third kappa shape index (κ3) is 5.14. The van der Waals surface area contributed by atoms with E-state index in [1.807, 2.05) is 38.1 Å². The van der Waals surface area contributed by atoms with E-state index in [0.29, 0.717) is 39.2 Å². The zero-order valence-electron chi connectivity index (χ0n) is 24.8. The second kappa shape index (κ2) is 10.8. The second-order valence-corrected chi connectivity index (χ2v) is 12.6. The van der Waals surface area contributed by atoms with Crippen molar-refractivity contribution >= 4 is 26.8 Å². The Labute approximate surface area is 247 Å². The largest absolute Gasteiger partial charge is 0.320 e. The number of aryl methyl sites for hydroxylation is 6. The molecule has 0 unspecified atom stereocenters. The minimum absolute atomic E-state index is 0.0977. The number of hydrogen-bond acceptors (Lipinski definition) is 2. The molecule has 0 aliphatic carbocycles. The molecule has 0 aliphatic rings. The zero-order valence-corrected chi connectivity index (χ0v) is 25.6. The Morgan fingerprint density at radius 1 is 0.721 bits per heavy atom. The van der Waals surface area contributed by atoms with Crippen molar-refractivity contribution < 1.29 is 30.5 Å². The summed E-state index contributed by atoms with van der Waals surface area (Å²) >= 11 is 0. The van der Waals surface area contributed by atoms with Crippen LogP contribution in [0.2, 0.25) is 0 Å². The summed E-state index contributed by atoms with van der Waals surface area (Å²) in [5.74, 6) is -7.31. The molecule has 0 N–H and O–H groups in total. The molecule has 0 atom stereocenters.